The summed E-state index contributed by atoms with van der Waals surface area (Å²) in [5, 5.41) is 43.7. The highest BCUT2D eigenvalue weighted by Crippen LogP contribution is 2.77. The fraction of sp³-hybridized carbons (Fsp3) is 0.900. The van der Waals surface area contributed by atoms with Crippen LogP contribution in [0.4, 0.5) is 0 Å². The highest BCUT2D eigenvalue weighted by Gasteiger charge is 2.73. The highest BCUT2D eigenvalue weighted by molar-refractivity contribution is 5.76. The molecule has 0 aliphatic heterocycles. The van der Waals surface area contributed by atoms with E-state index in [0.717, 1.165) is 50.5 Å². The molecule has 0 heterocycles. The lowest BCUT2D eigenvalue weighted by Gasteiger charge is -2.73. The van der Waals surface area contributed by atoms with E-state index in [4.69, 9.17) is 0 Å². The molecule has 0 aromatic rings. The van der Waals surface area contributed by atoms with Crippen molar-refractivity contribution in [1.29, 1.82) is 0 Å². The lowest BCUT2D eigenvalue weighted by molar-refractivity contribution is -0.274. The summed E-state index contributed by atoms with van der Waals surface area (Å²) >= 11 is 0. The van der Waals surface area contributed by atoms with E-state index in [0.29, 0.717) is 24.7 Å². The molecule has 5 heteroatoms. The average Bonchev–Trinajstić information content (AvgIpc) is 3.19. The molecule has 5 nitrogen and oxygen atoms in total. The van der Waals surface area contributed by atoms with Crippen molar-refractivity contribution < 1.29 is 25.2 Å². The molecule has 5 saturated carbocycles. The number of aliphatic hydroxyl groups excluding tert-OH is 3. The first-order valence-corrected chi connectivity index (χ1v) is 14.1. The summed E-state index contributed by atoms with van der Waals surface area (Å²) in [6.45, 7) is 15.4. The second kappa shape index (κ2) is 7.80. The first-order valence-electron chi connectivity index (χ1n) is 14.1. The molecule has 0 saturated heterocycles. The van der Waals surface area contributed by atoms with Crippen LogP contribution in [0.3, 0.4) is 0 Å². The van der Waals surface area contributed by atoms with Crippen molar-refractivity contribution >= 4 is 5.97 Å². The largest absolute Gasteiger partial charge is 0.481 e. The standard InChI is InChI=1S/C30H48O5/c1-17(2)18-9-12-29(25(34)35)13-14-30(16-31)19(23(18)29)7-8-22-27(5)15-20(32)24(33)26(3,4)21(27)10-11-28(22,30)6/h18-24,31-33H,1,7-16H2,2-6H3,(H,34,35)/t18-,19+,20+,21-,22+,23+,24-,27-,28+,29-,30-/m0/s1. The van der Waals surface area contributed by atoms with Crippen LogP contribution in [-0.4, -0.2) is 45.2 Å². The van der Waals surface area contributed by atoms with Crippen LogP contribution in [0, 0.1) is 56.7 Å². The van der Waals surface area contributed by atoms with Crippen LogP contribution < -0.4 is 0 Å². The van der Waals surface area contributed by atoms with E-state index < -0.39 is 23.6 Å². The van der Waals surface area contributed by atoms with E-state index in [1.54, 1.807) is 0 Å². The first kappa shape index (κ1) is 25.7. The van der Waals surface area contributed by atoms with Gasteiger partial charge in [0.25, 0.3) is 0 Å². The Morgan fingerprint density at radius 2 is 1.63 bits per heavy atom. The van der Waals surface area contributed by atoms with Crippen LogP contribution in [0.2, 0.25) is 0 Å². The Kier molecular flexibility index (Phi) is 5.73. The average molecular weight is 489 g/mol. The fourth-order valence-corrected chi connectivity index (χ4v) is 11.8. The van der Waals surface area contributed by atoms with Crippen LogP contribution in [0.5, 0.6) is 0 Å². The number of hydrogen-bond donors (Lipinski definition) is 4. The minimum absolute atomic E-state index is 0.0388. The third-order valence-electron chi connectivity index (χ3n) is 13.4. The molecule has 0 aromatic heterocycles. The second-order valence-corrected chi connectivity index (χ2v) is 14.6. The monoisotopic (exact) mass is 488 g/mol. The third-order valence-corrected chi connectivity index (χ3v) is 13.4. The van der Waals surface area contributed by atoms with Crippen molar-refractivity contribution in [3.8, 4) is 0 Å². The summed E-state index contributed by atoms with van der Waals surface area (Å²) in [6.07, 6.45) is 6.09. The van der Waals surface area contributed by atoms with Crippen LogP contribution in [0.15, 0.2) is 12.2 Å². The van der Waals surface area contributed by atoms with Crippen molar-refractivity contribution in [2.24, 2.45) is 56.7 Å². The molecule has 0 aromatic carbocycles. The van der Waals surface area contributed by atoms with Crippen molar-refractivity contribution in [3.63, 3.8) is 0 Å². The molecule has 5 aliphatic carbocycles. The maximum absolute atomic E-state index is 12.8. The predicted molar refractivity (Wildman–Crippen MR) is 135 cm³/mol. The van der Waals surface area contributed by atoms with E-state index in [-0.39, 0.29) is 46.0 Å². The van der Waals surface area contributed by atoms with Gasteiger partial charge in [0.15, 0.2) is 0 Å². The van der Waals surface area contributed by atoms with E-state index in [1.807, 2.05) is 0 Å². The van der Waals surface area contributed by atoms with E-state index in [9.17, 15) is 25.2 Å². The van der Waals surface area contributed by atoms with Crippen LogP contribution >= 0.6 is 0 Å². The highest BCUT2D eigenvalue weighted by atomic mass is 16.4. The van der Waals surface area contributed by atoms with E-state index in [2.05, 4.69) is 41.2 Å². The predicted octanol–water partition coefficient (Wildman–Crippen LogP) is 5.03. The van der Waals surface area contributed by atoms with Gasteiger partial charge in [0.1, 0.15) is 0 Å². The molecule has 0 bridgehead atoms. The van der Waals surface area contributed by atoms with Gasteiger partial charge in [-0.1, -0.05) is 39.8 Å². The molecule has 0 spiro atoms. The third kappa shape index (κ3) is 2.95. The maximum atomic E-state index is 12.8. The zero-order valence-corrected chi connectivity index (χ0v) is 22.5. The maximum Gasteiger partial charge on any atom is 0.309 e. The topological polar surface area (TPSA) is 98.0 Å². The van der Waals surface area contributed by atoms with Gasteiger partial charge in [0.2, 0.25) is 0 Å². The molecular weight excluding hydrogens is 440 g/mol. The minimum atomic E-state index is -0.731. The molecule has 5 fully saturated rings. The number of fused-ring (bicyclic) bond motifs is 7. The molecule has 0 radical (unpaired) electrons. The Morgan fingerprint density at radius 3 is 2.23 bits per heavy atom. The van der Waals surface area contributed by atoms with Gasteiger partial charge in [-0.05, 0) is 111 Å². The normalized spacial score (nSPS) is 54.7. The summed E-state index contributed by atoms with van der Waals surface area (Å²) in [5.74, 6) is 0.426. The Labute approximate surface area is 211 Å². The minimum Gasteiger partial charge on any atom is -0.481 e. The van der Waals surface area contributed by atoms with E-state index >= 15 is 0 Å². The quantitative estimate of drug-likeness (QED) is 0.418. The molecule has 0 amide bonds. The Morgan fingerprint density at radius 1 is 0.943 bits per heavy atom. The number of rotatable bonds is 3. The zero-order valence-electron chi connectivity index (χ0n) is 22.5. The fourth-order valence-electron chi connectivity index (χ4n) is 11.8. The van der Waals surface area contributed by atoms with Crippen LogP contribution in [0.25, 0.3) is 0 Å². The number of aliphatic carboxylic acids is 1. The van der Waals surface area contributed by atoms with Gasteiger partial charge in [0.05, 0.1) is 17.6 Å². The second-order valence-electron chi connectivity index (χ2n) is 14.6. The van der Waals surface area contributed by atoms with Crippen LogP contribution in [0.1, 0.15) is 92.4 Å². The van der Waals surface area contributed by atoms with Crippen molar-refractivity contribution in [3.05, 3.63) is 12.2 Å². The molecule has 11 atom stereocenters. The summed E-state index contributed by atoms with van der Waals surface area (Å²) in [6, 6.07) is 0. The van der Waals surface area contributed by atoms with Gasteiger partial charge >= 0.3 is 5.97 Å². The summed E-state index contributed by atoms with van der Waals surface area (Å²) < 4.78 is 0. The molecule has 5 rings (SSSR count). The number of carboxylic acid groups (broad SMARTS) is 1. The summed E-state index contributed by atoms with van der Waals surface area (Å²) in [5.41, 5.74) is -0.506. The lowest BCUT2D eigenvalue weighted by Crippen LogP contribution is -2.70. The smallest absolute Gasteiger partial charge is 0.309 e. The Hall–Kier alpha value is -0.910. The van der Waals surface area contributed by atoms with Crippen molar-refractivity contribution in [2.75, 3.05) is 6.61 Å². The molecular formula is C30H48O5. The van der Waals surface area contributed by atoms with Gasteiger partial charge in [0, 0.05) is 12.0 Å². The first-order chi connectivity index (χ1) is 16.2. The molecule has 35 heavy (non-hydrogen) atoms. The Bertz CT molecular complexity index is 912. The molecule has 4 N–H and O–H groups in total. The number of carboxylic acids is 1. The number of carbonyl (C=O) groups is 1. The van der Waals surface area contributed by atoms with Crippen molar-refractivity contribution in [2.45, 2.75) is 105 Å². The van der Waals surface area contributed by atoms with Gasteiger partial charge in [-0.2, -0.15) is 0 Å². The van der Waals surface area contributed by atoms with Gasteiger partial charge in [-0.25, -0.2) is 0 Å². The lowest BCUT2D eigenvalue weighted by atomic mass is 9.32. The number of hydrogen-bond acceptors (Lipinski definition) is 4. The van der Waals surface area contributed by atoms with Gasteiger partial charge in [-0.3, -0.25) is 4.79 Å². The number of allylic oxidation sites excluding steroid dienone is 1. The Balaban J connectivity index is 1.61. The van der Waals surface area contributed by atoms with E-state index in [1.165, 1.54) is 0 Å². The molecule has 198 valence electrons. The SMILES string of the molecule is C=C(C)[C@@H]1CC[C@]2(C(=O)O)CC[C@]3(CO)[C@H](CC[C@@H]4[C@@]5(C)C[C@@H](O)[C@H](O)C(C)(C)[C@@H]5CC[C@]43C)[C@@H]12. The molecule has 0 unspecified atom stereocenters. The summed E-state index contributed by atoms with van der Waals surface area (Å²) in [4.78, 5) is 12.8. The zero-order chi connectivity index (χ0) is 25.8. The molecule has 5 aliphatic rings. The van der Waals surface area contributed by atoms with Crippen LogP contribution in [-0.2, 0) is 4.79 Å². The van der Waals surface area contributed by atoms with Crippen molar-refractivity contribution in [1.82, 2.24) is 0 Å². The van der Waals surface area contributed by atoms with Gasteiger partial charge in [-0.15, -0.1) is 0 Å². The van der Waals surface area contributed by atoms with Gasteiger partial charge < -0.3 is 20.4 Å². The number of aliphatic hydroxyl groups is 3. The summed E-state index contributed by atoms with van der Waals surface area (Å²) in [7, 11) is 0.